The van der Waals surface area contributed by atoms with Gasteiger partial charge < -0.3 is 5.11 Å². The van der Waals surface area contributed by atoms with Crippen LogP contribution in [-0.4, -0.2) is 21.8 Å². The third-order valence-electron chi connectivity index (χ3n) is 3.05. The van der Waals surface area contributed by atoms with Gasteiger partial charge in [-0.05, 0) is 37.1 Å². The lowest BCUT2D eigenvalue weighted by Crippen LogP contribution is -2.07. The zero-order chi connectivity index (χ0) is 14.7. The smallest absolute Gasteiger partial charge is 0.311 e. The Morgan fingerprint density at radius 3 is 2.60 bits per heavy atom. The number of hydrogen-bond donors (Lipinski definition) is 1. The van der Waals surface area contributed by atoms with Crippen LogP contribution < -0.4 is 0 Å². The van der Waals surface area contributed by atoms with Crippen molar-refractivity contribution < 1.29 is 14.7 Å². The first kappa shape index (κ1) is 13.9. The SMILES string of the molecule is Cc1cc(C)c(-c2cccc(C(=O)CC(=O)O)c2)cn1. The minimum atomic E-state index is -1.12. The number of pyridine rings is 1. The summed E-state index contributed by atoms with van der Waals surface area (Å²) in [5.74, 6) is -1.51. The summed E-state index contributed by atoms with van der Waals surface area (Å²) >= 11 is 0. The number of Topliss-reactive ketones (excluding diaryl/α,β-unsaturated/α-hetero) is 1. The van der Waals surface area contributed by atoms with Crippen molar-refractivity contribution in [2.75, 3.05) is 0 Å². The Balaban J connectivity index is 2.39. The summed E-state index contributed by atoms with van der Waals surface area (Å²) in [5, 5.41) is 8.68. The van der Waals surface area contributed by atoms with Crippen molar-refractivity contribution in [2.24, 2.45) is 0 Å². The zero-order valence-corrected chi connectivity index (χ0v) is 11.4. The number of benzene rings is 1. The molecule has 1 heterocycles. The number of aryl methyl sites for hydroxylation is 2. The molecule has 0 aliphatic carbocycles. The molecule has 1 aromatic carbocycles. The number of carbonyl (C=O) groups excluding carboxylic acids is 1. The Morgan fingerprint density at radius 1 is 1.20 bits per heavy atom. The van der Waals surface area contributed by atoms with Crippen molar-refractivity contribution >= 4 is 11.8 Å². The van der Waals surface area contributed by atoms with Gasteiger partial charge >= 0.3 is 5.97 Å². The van der Waals surface area contributed by atoms with E-state index in [0.29, 0.717) is 5.56 Å². The number of aromatic nitrogens is 1. The van der Waals surface area contributed by atoms with E-state index in [1.165, 1.54) is 0 Å². The number of carboxylic acid groups (broad SMARTS) is 1. The van der Waals surface area contributed by atoms with Gasteiger partial charge in [0, 0.05) is 23.0 Å². The minimum absolute atomic E-state index is 0.392. The third kappa shape index (κ3) is 3.09. The molecule has 0 spiro atoms. The molecule has 0 unspecified atom stereocenters. The molecule has 1 aromatic heterocycles. The van der Waals surface area contributed by atoms with Crippen LogP contribution in [0.5, 0.6) is 0 Å². The molecule has 0 atom stereocenters. The number of carbonyl (C=O) groups is 2. The number of nitrogens with zero attached hydrogens (tertiary/aromatic N) is 1. The second-order valence-corrected chi connectivity index (χ2v) is 4.72. The first-order valence-electron chi connectivity index (χ1n) is 6.26. The molecule has 0 bridgehead atoms. The predicted octanol–water partition coefficient (Wildman–Crippen LogP) is 3.02. The quantitative estimate of drug-likeness (QED) is 0.684. The molecule has 0 fully saturated rings. The van der Waals surface area contributed by atoms with Gasteiger partial charge in [-0.25, -0.2) is 0 Å². The lowest BCUT2D eigenvalue weighted by Gasteiger charge is -2.08. The predicted molar refractivity (Wildman–Crippen MR) is 75.7 cm³/mol. The molecule has 4 heteroatoms. The molecule has 20 heavy (non-hydrogen) atoms. The van der Waals surface area contributed by atoms with E-state index >= 15 is 0 Å². The van der Waals surface area contributed by atoms with Crippen LogP contribution in [0.4, 0.5) is 0 Å². The van der Waals surface area contributed by atoms with Crippen LogP contribution in [0, 0.1) is 13.8 Å². The van der Waals surface area contributed by atoms with Gasteiger partial charge in [0.15, 0.2) is 5.78 Å². The molecule has 0 saturated heterocycles. The van der Waals surface area contributed by atoms with Crippen molar-refractivity contribution in [1.82, 2.24) is 4.98 Å². The summed E-state index contributed by atoms with van der Waals surface area (Å²) in [6.07, 6.45) is 1.28. The first-order valence-corrected chi connectivity index (χ1v) is 6.26. The molecule has 0 amide bonds. The highest BCUT2D eigenvalue weighted by Gasteiger charge is 2.12. The summed E-state index contributed by atoms with van der Waals surface area (Å²) in [6.45, 7) is 3.90. The summed E-state index contributed by atoms with van der Waals surface area (Å²) in [7, 11) is 0. The highest BCUT2D eigenvalue weighted by atomic mass is 16.4. The van der Waals surface area contributed by atoms with Crippen LogP contribution in [0.1, 0.15) is 28.0 Å². The molecule has 4 nitrogen and oxygen atoms in total. The summed E-state index contributed by atoms with van der Waals surface area (Å²) in [5.41, 5.74) is 4.22. The second-order valence-electron chi connectivity index (χ2n) is 4.72. The van der Waals surface area contributed by atoms with Gasteiger partial charge in [-0.3, -0.25) is 14.6 Å². The van der Waals surface area contributed by atoms with Crippen LogP contribution in [0.2, 0.25) is 0 Å². The molecule has 102 valence electrons. The maximum Gasteiger partial charge on any atom is 0.311 e. The van der Waals surface area contributed by atoms with E-state index in [4.69, 9.17) is 5.11 Å². The fourth-order valence-electron chi connectivity index (χ4n) is 2.10. The van der Waals surface area contributed by atoms with E-state index < -0.39 is 18.2 Å². The Kier molecular flexibility index (Phi) is 3.94. The monoisotopic (exact) mass is 269 g/mol. The molecular formula is C16H15NO3. The molecule has 2 rings (SSSR count). The highest BCUT2D eigenvalue weighted by Crippen LogP contribution is 2.24. The summed E-state index contributed by atoms with van der Waals surface area (Å²) in [4.78, 5) is 26.6. The topological polar surface area (TPSA) is 67.3 Å². The molecule has 0 saturated carbocycles. The molecule has 0 radical (unpaired) electrons. The largest absolute Gasteiger partial charge is 0.481 e. The van der Waals surface area contributed by atoms with Crippen LogP contribution in [-0.2, 0) is 4.79 Å². The standard InChI is InChI=1S/C16H15NO3/c1-10-6-11(2)17-9-14(10)12-4-3-5-13(7-12)15(18)8-16(19)20/h3-7,9H,8H2,1-2H3,(H,19,20). The summed E-state index contributed by atoms with van der Waals surface area (Å²) in [6, 6.07) is 8.96. The number of carboxylic acids is 1. The summed E-state index contributed by atoms with van der Waals surface area (Å²) < 4.78 is 0. The first-order chi connectivity index (χ1) is 9.47. The zero-order valence-electron chi connectivity index (χ0n) is 11.4. The Labute approximate surface area is 117 Å². The van der Waals surface area contributed by atoms with Crippen molar-refractivity contribution in [3.63, 3.8) is 0 Å². The lowest BCUT2D eigenvalue weighted by atomic mass is 9.98. The maximum absolute atomic E-state index is 11.8. The van der Waals surface area contributed by atoms with Crippen molar-refractivity contribution in [3.05, 3.63) is 53.3 Å². The Hall–Kier alpha value is -2.49. The average Bonchev–Trinajstić information content (AvgIpc) is 2.38. The van der Waals surface area contributed by atoms with Gasteiger partial charge in [-0.2, -0.15) is 0 Å². The van der Waals surface area contributed by atoms with Gasteiger partial charge in [-0.15, -0.1) is 0 Å². The average molecular weight is 269 g/mol. The number of hydrogen-bond acceptors (Lipinski definition) is 3. The minimum Gasteiger partial charge on any atom is -0.481 e. The lowest BCUT2D eigenvalue weighted by molar-refractivity contribution is -0.135. The molecular weight excluding hydrogens is 254 g/mol. The Morgan fingerprint density at radius 2 is 1.95 bits per heavy atom. The van der Waals surface area contributed by atoms with Gasteiger partial charge in [-0.1, -0.05) is 18.2 Å². The molecule has 1 N–H and O–H groups in total. The normalized spacial score (nSPS) is 10.3. The van der Waals surface area contributed by atoms with Crippen molar-refractivity contribution in [2.45, 2.75) is 20.3 Å². The van der Waals surface area contributed by atoms with Crippen LogP contribution in [0.3, 0.4) is 0 Å². The van der Waals surface area contributed by atoms with Crippen LogP contribution >= 0.6 is 0 Å². The molecule has 0 aliphatic rings. The van der Waals surface area contributed by atoms with E-state index in [0.717, 1.165) is 22.4 Å². The Bertz CT molecular complexity index is 677. The van der Waals surface area contributed by atoms with E-state index in [9.17, 15) is 9.59 Å². The second kappa shape index (κ2) is 5.65. The third-order valence-corrected chi connectivity index (χ3v) is 3.05. The van der Waals surface area contributed by atoms with Crippen molar-refractivity contribution in [1.29, 1.82) is 0 Å². The van der Waals surface area contributed by atoms with Gasteiger partial charge in [0.2, 0.25) is 0 Å². The van der Waals surface area contributed by atoms with E-state index in [1.54, 1.807) is 24.4 Å². The number of rotatable bonds is 4. The van der Waals surface area contributed by atoms with Crippen LogP contribution in [0.25, 0.3) is 11.1 Å². The van der Waals surface area contributed by atoms with E-state index in [2.05, 4.69) is 4.98 Å². The fraction of sp³-hybridized carbons (Fsp3) is 0.188. The maximum atomic E-state index is 11.8. The highest BCUT2D eigenvalue weighted by molar-refractivity contribution is 6.06. The van der Waals surface area contributed by atoms with Crippen LogP contribution in [0.15, 0.2) is 36.5 Å². The number of ketones is 1. The van der Waals surface area contributed by atoms with Gasteiger partial charge in [0.25, 0.3) is 0 Å². The van der Waals surface area contributed by atoms with E-state index in [1.807, 2.05) is 26.0 Å². The molecule has 2 aromatic rings. The van der Waals surface area contributed by atoms with E-state index in [-0.39, 0.29) is 0 Å². The van der Waals surface area contributed by atoms with Gasteiger partial charge in [0.1, 0.15) is 6.42 Å². The number of aliphatic carboxylic acids is 1. The fourth-order valence-corrected chi connectivity index (χ4v) is 2.10. The molecule has 0 aliphatic heterocycles. The van der Waals surface area contributed by atoms with Gasteiger partial charge in [0.05, 0.1) is 0 Å². The van der Waals surface area contributed by atoms with Crippen molar-refractivity contribution in [3.8, 4) is 11.1 Å².